The van der Waals surface area contributed by atoms with Crippen molar-refractivity contribution in [3.05, 3.63) is 35.9 Å². The molecule has 6 heteroatoms. The number of benzene rings is 1. The predicted molar refractivity (Wildman–Crippen MR) is 86.9 cm³/mol. The standard InChI is InChI=1S/C15H16Br2N2O2/c1-14(8-15(14,16)17)13(21)19-18-12(20)11-7-10(11)9-5-3-2-4-6-9/h2-6,10-11H,7-8H2,1H3,(H,18,20)(H,19,21)/t10-,11+,14-/m1/s1. The van der Waals surface area contributed by atoms with E-state index in [9.17, 15) is 9.59 Å². The minimum Gasteiger partial charge on any atom is -0.273 e. The first-order chi connectivity index (χ1) is 9.85. The molecule has 1 aromatic rings. The van der Waals surface area contributed by atoms with Gasteiger partial charge in [-0.3, -0.25) is 20.4 Å². The Morgan fingerprint density at radius 1 is 1.19 bits per heavy atom. The topological polar surface area (TPSA) is 58.2 Å². The Morgan fingerprint density at radius 2 is 1.81 bits per heavy atom. The van der Waals surface area contributed by atoms with Gasteiger partial charge in [-0.15, -0.1) is 0 Å². The average molecular weight is 416 g/mol. The Bertz CT molecular complexity index is 591. The fraction of sp³-hybridized carbons (Fsp3) is 0.467. The molecule has 1 aromatic carbocycles. The van der Waals surface area contributed by atoms with Crippen LogP contribution in [-0.2, 0) is 9.59 Å². The Labute approximate surface area is 140 Å². The summed E-state index contributed by atoms with van der Waals surface area (Å²) in [5.74, 6) is -0.0684. The minimum absolute atomic E-state index is 0.0441. The molecular weight excluding hydrogens is 400 g/mol. The third-order valence-corrected chi connectivity index (χ3v) is 6.72. The first kappa shape index (κ1) is 15.0. The van der Waals surface area contributed by atoms with Crippen LogP contribution in [0.25, 0.3) is 0 Å². The van der Waals surface area contributed by atoms with Crippen molar-refractivity contribution >= 4 is 43.7 Å². The van der Waals surface area contributed by atoms with Gasteiger partial charge in [-0.05, 0) is 31.2 Å². The van der Waals surface area contributed by atoms with Gasteiger partial charge in [-0.1, -0.05) is 62.2 Å². The molecule has 4 nitrogen and oxygen atoms in total. The molecule has 0 spiro atoms. The van der Waals surface area contributed by atoms with Crippen molar-refractivity contribution in [2.45, 2.75) is 28.9 Å². The number of hydrogen-bond donors (Lipinski definition) is 2. The van der Waals surface area contributed by atoms with Gasteiger partial charge >= 0.3 is 0 Å². The minimum atomic E-state index is -0.525. The maximum atomic E-state index is 12.1. The summed E-state index contributed by atoms with van der Waals surface area (Å²) in [4.78, 5) is 24.1. The molecular formula is C15H16Br2N2O2. The van der Waals surface area contributed by atoms with Crippen LogP contribution < -0.4 is 10.9 Å². The van der Waals surface area contributed by atoms with Gasteiger partial charge in [0.05, 0.1) is 8.65 Å². The van der Waals surface area contributed by atoms with Gasteiger partial charge in [0.1, 0.15) is 0 Å². The van der Waals surface area contributed by atoms with E-state index in [0.717, 1.165) is 6.42 Å². The largest absolute Gasteiger partial charge is 0.273 e. The maximum absolute atomic E-state index is 12.1. The monoisotopic (exact) mass is 414 g/mol. The van der Waals surface area contributed by atoms with Crippen molar-refractivity contribution in [1.29, 1.82) is 0 Å². The maximum Gasteiger partial charge on any atom is 0.246 e. The van der Waals surface area contributed by atoms with Gasteiger partial charge in [0.25, 0.3) is 0 Å². The van der Waals surface area contributed by atoms with Gasteiger partial charge < -0.3 is 0 Å². The van der Waals surface area contributed by atoms with Crippen molar-refractivity contribution in [2.24, 2.45) is 11.3 Å². The molecule has 2 N–H and O–H groups in total. The Balaban J connectivity index is 1.50. The van der Waals surface area contributed by atoms with Crippen LogP contribution in [0, 0.1) is 11.3 Å². The molecule has 3 rings (SSSR count). The van der Waals surface area contributed by atoms with Crippen LogP contribution in [0.2, 0.25) is 0 Å². The normalized spacial score (nSPS) is 32.1. The van der Waals surface area contributed by atoms with Crippen LogP contribution in [0.15, 0.2) is 30.3 Å². The number of alkyl halides is 2. The van der Waals surface area contributed by atoms with Gasteiger partial charge in [-0.25, -0.2) is 0 Å². The summed E-state index contributed by atoms with van der Waals surface area (Å²) in [5.41, 5.74) is 5.74. The van der Waals surface area contributed by atoms with Gasteiger partial charge in [0.15, 0.2) is 0 Å². The lowest BCUT2D eigenvalue weighted by Crippen LogP contribution is -2.46. The third kappa shape index (κ3) is 2.75. The summed E-state index contributed by atoms with van der Waals surface area (Å²) in [6.07, 6.45) is 1.53. The summed E-state index contributed by atoms with van der Waals surface area (Å²) in [6.45, 7) is 1.85. The van der Waals surface area contributed by atoms with Crippen LogP contribution in [0.4, 0.5) is 0 Å². The predicted octanol–water partition coefficient (Wildman–Crippen LogP) is 2.83. The molecule has 2 fully saturated rings. The smallest absolute Gasteiger partial charge is 0.246 e. The molecule has 2 amide bonds. The number of hydrazine groups is 1. The van der Waals surface area contributed by atoms with Crippen LogP contribution in [-0.4, -0.2) is 15.0 Å². The molecule has 0 unspecified atom stereocenters. The van der Waals surface area contributed by atoms with E-state index in [-0.39, 0.29) is 26.9 Å². The molecule has 2 aliphatic rings. The van der Waals surface area contributed by atoms with E-state index in [4.69, 9.17) is 0 Å². The highest BCUT2D eigenvalue weighted by Crippen LogP contribution is 2.66. The second-order valence-electron chi connectivity index (χ2n) is 6.02. The summed E-state index contributed by atoms with van der Waals surface area (Å²) in [7, 11) is 0. The van der Waals surface area contributed by atoms with Crippen molar-refractivity contribution in [3.63, 3.8) is 0 Å². The molecule has 21 heavy (non-hydrogen) atoms. The number of nitrogens with one attached hydrogen (secondary N) is 2. The van der Waals surface area contributed by atoms with Crippen molar-refractivity contribution < 1.29 is 9.59 Å². The quantitative estimate of drug-likeness (QED) is 0.589. The summed E-state index contributed by atoms with van der Waals surface area (Å²) >= 11 is 6.88. The van der Waals surface area contributed by atoms with Gasteiger partial charge in [-0.2, -0.15) is 0 Å². The lowest BCUT2D eigenvalue weighted by Gasteiger charge is -2.13. The van der Waals surface area contributed by atoms with E-state index < -0.39 is 5.41 Å². The fourth-order valence-electron chi connectivity index (χ4n) is 2.55. The first-order valence-corrected chi connectivity index (χ1v) is 8.47. The third-order valence-electron chi connectivity index (χ3n) is 4.41. The number of carbonyl (C=O) groups is 2. The average Bonchev–Trinajstić information content (AvgIpc) is 3.33. The highest BCUT2D eigenvalue weighted by atomic mass is 79.9. The van der Waals surface area contributed by atoms with Crippen LogP contribution in [0.3, 0.4) is 0 Å². The van der Waals surface area contributed by atoms with Gasteiger partial charge in [0, 0.05) is 5.92 Å². The molecule has 0 aliphatic heterocycles. The Morgan fingerprint density at radius 3 is 2.38 bits per heavy atom. The number of halogens is 2. The summed E-state index contributed by atoms with van der Waals surface area (Å²) in [5, 5.41) is 0. The zero-order valence-electron chi connectivity index (χ0n) is 11.5. The van der Waals surface area contributed by atoms with Gasteiger partial charge in [0.2, 0.25) is 11.8 Å². The molecule has 0 saturated heterocycles. The molecule has 0 heterocycles. The first-order valence-electron chi connectivity index (χ1n) is 6.88. The van der Waals surface area contributed by atoms with Crippen LogP contribution in [0.1, 0.15) is 31.2 Å². The van der Waals surface area contributed by atoms with E-state index in [1.54, 1.807) is 0 Å². The summed E-state index contributed by atoms with van der Waals surface area (Å²) < 4.78 is -0.353. The molecule has 0 bridgehead atoms. The lowest BCUT2D eigenvalue weighted by atomic mass is 10.1. The second-order valence-corrected chi connectivity index (χ2v) is 9.79. The number of amides is 2. The zero-order chi connectivity index (χ0) is 15.3. The molecule has 112 valence electrons. The zero-order valence-corrected chi connectivity index (χ0v) is 14.7. The van der Waals surface area contributed by atoms with E-state index in [1.165, 1.54) is 5.56 Å². The highest BCUT2D eigenvalue weighted by molar-refractivity contribution is 9.25. The highest BCUT2D eigenvalue weighted by Gasteiger charge is 2.66. The van der Waals surface area contributed by atoms with Crippen LogP contribution in [0.5, 0.6) is 0 Å². The number of carbonyl (C=O) groups excluding carboxylic acids is 2. The molecule has 0 aromatic heterocycles. The SMILES string of the molecule is C[C@]1(C(=O)NNC(=O)[C@H]2C[C@@H]2c2ccccc2)CC1(Br)Br. The van der Waals surface area contributed by atoms with E-state index >= 15 is 0 Å². The van der Waals surface area contributed by atoms with Crippen LogP contribution >= 0.6 is 31.9 Å². The van der Waals surface area contributed by atoms with Crippen molar-refractivity contribution in [1.82, 2.24) is 10.9 Å². The number of hydrogen-bond acceptors (Lipinski definition) is 2. The summed E-state index contributed by atoms with van der Waals surface area (Å²) in [6, 6.07) is 9.98. The van der Waals surface area contributed by atoms with E-state index in [0.29, 0.717) is 6.42 Å². The Kier molecular flexibility index (Phi) is 3.64. The second kappa shape index (κ2) is 5.09. The lowest BCUT2D eigenvalue weighted by molar-refractivity contribution is -0.132. The molecule has 0 radical (unpaired) electrons. The van der Waals surface area contributed by atoms with E-state index in [1.807, 2.05) is 37.3 Å². The van der Waals surface area contributed by atoms with E-state index in [2.05, 4.69) is 42.7 Å². The number of rotatable bonds is 3. The molecule has 2 aliphatic carbocycles. The Hall–Kier alpha value is -0.880. The molecule has 3 atom stereocenters. The molecule has 2 saturated carbocycles. The van der Waals surface area contributed by atoms with Crippen molar-refractivity contribution in [3.8, 4) is 0 Å². The van der Waals surface area contributed by atoms with Crippen molar-refractivity contribution in [2.75, 3.05) is 0 Å². The fourth-order valence-corrected chi connectivity index (χ4v) is 4.03.